The molecule has 1 aliphatic rings. The van der Waals surface area contributed by atoms with Gasteiger partial charge in [0.15, 0.2) is 0 Å². The summed E-state index contributed by atoms with van der Waals surface area (Å²) in [6, 6.07) is 4.02. The Morgan fingerprint density at radius 2 is 2.06 bits per heavy atom. The average Bonchev–Trinajstić information content (AvgIpc) is 2.30. The molecule has 1 saturated heterocycles. The molecule has 0 unspecified atom stereocenters. The number of hydrogen-bond donors (Lipinski definition) is 0. The molecule has 16 heavy (non-hydrogen) atoms. The van der Waals surface area contributed by atoms with Crippen LogP contribution in [0.5, 0.6) is 0 Å². The normalized spacial score (nSPS) is 17.2. The van der Waals surface area contributed by atoms with Gasteiger partial charge in [-0.05, 0) is 29.0 Å². The fraction of sp³-hybridized carbons (Fsp3) is 0.455. The van der Waals surface area contributed by atoms with E-state index in [9.17, 15) is 0 Å². The van der Waals surface area contributed by atoms with Crippen molar-refractivity contribution in [2.24, 2.45) is 0 Å². The third kappa shape index (κ3) is 2.34. The molecule has 0 spiro atoms. The summed E-state index contributed by atoms with van der Waals surface area (Å²) in [7, 11) is 2.11. The van der Waals surface area contributed by atoms with Crippen LogP contribution in [0.3, 0.4) is 0 Å². The SMILES string of the molecule is CN1CCN(c2ncc(Br)cc2C#N)CC1. The van der Waals surface area contributed by atoms with E-state index in [0.717, 1.165) is 36.5 Å². The first-order valence-electron chi connectivity index (χ1n) is 5.20. The van der Waals surface area contributed by atoms with Crippen LogP contribution in [0, 0.1) is 11.3 Å². The predicted octanol–water partition coefficient (Wildman–Crippen LogP) is 1.47. The molecule has 0 bridgehead atoms. The van der Waals surface area contributed by atoms with E-state index in [0.29, 0.717) is 5.56 Å². The molecule has 0 aliphatic carbocycles. The lowest BCUT2D eigenvalue weighted by molar-refractivity contribution is 0.312. The van der Waals surface area contributed by atoms with Crippen molar-refractivity contribution in [1.82, 2.24) is 9.88 Å². The summed E-state index contributed by atoms with van der Waals surface area (Å²) in [6.07, 6.45) is 1.74. The molecule has 0 aromatic carbocycles. The molecule has 84 valence electrons. The average molecular weight is 281 g/mol. The number of pyridine rings is 1. The van der Waals surface area contributed by atoms with Crippen molar-refractivity contribution < 1.29 is 0 Å². The van der Waals surface area contributed by atoms with Crippen LogP contribution < -0.4 is 4.90 Å². The van der Waals surface area contributed by atoms with Crippen LogP contribution >= 0.6 is 15.9 Å². The second-order valence-electron chi connectivity index (χ2n) is 3.93. The van der Waals surface area contributed by atoms with Gasteiger partial charge in [-0.1, -0.05) is 0 Å². The molecule has 0 atom stereocenters. The molecular weight excluding hydrogens is 268 g/mol. The lowest BCUT2D eigenvalue weighted by Crippen LogP contribution is -2.45. The lowest BCUT2D eigenvalue weighted by atomic mass is 10.2. The van der Waals surface area contributed by atoms with E-state index in [4.69, 9.17) is 5.26 Å². The van der Waals surface area contributed by atoms with Crippen molar-refractivity contribution in [2.45, 2.75) is 0 Å². The molecule has 1 fully saturated rings. The van der Waals surface area contributed by atoms with E-state index in [-0.39, 0.29) is 0 Å². The minimum absolute atomic E-state index is 0.638. The molecule has 0 N–H and O–H groups in total. The topological polar surface area (TPSA) is 43.2 Å². The van der Waals surface area contributed by atoms with Gasteiger partial charge in [0.2, 0.25) is 0 Å². The molecule has 0 radical (unpaired) electrons. The number of halogens is 1. The number of rotatable bonds is 1. The Morgan fingerprint density at radius 3 is 2.69 bits per heavy atom. The van der Waals surface area contributed by atoms with Crippen LogP contribution in [0.4, 0.5) is 5.82 Å². The van der Waals surface area contributed by atoms with Gasteiger partial charge in [0.25, 0.3) is 0 Å². The van der Waals surface area contributed by atoms with Gasteiger partial charge < -0.3 is 9.80 Å². The summed E-state index contributed by atoms with van der Waals surface area (Å²) < 4.78 is 0.849. The van der Waals surface area contributed by atoms with E-state index < -0.39 is 0 Å². The molecule has 4 nitrogen and oxygen atoms in total. The zero-order valence-corrected chi connectivity index (χ0v) is 10.7. The molecule has 1 aromatic heterocycles. The largest absolute Gasteiger partial charge is 0.353 e. The van der Waals surface area contributed by atoms with Gasteiger partial charge in [0, 0.05) is 36.8 Å². The maximum Gasteiger partial charge on any atom is 0.146 e. The van der Waals surface area contributed by atoms with Gasteiger partial charge >= 0.3 is 0 Å². The van der Waals surface area contributed by atoms with Crippen LogP contribution in [0.2, 0.25) is 0 Å². The molecule has 2 heterocycles. The van der Waals surface area contributed by atoms with Gasteiger partial charge in [-0.2, -0.15) is 5.26 Å². The highest BCUT2D eigenvalue weighted by molar-refractivity contribution is 9.10. The molecule has 1 aliphatic heterocycles. The first kappa shape index (κ1) is 11.4. The standard InChI is InChI=1S/C11H13BrN4/c1-15-2-4-16(5-3-15)11-9(7-13)6-10(12)8-14-11/h6,8H,2-5H2,1H3. The van der Waals surface area contributed by atoms with Crippen molar-refractivity contribution >= 4 is 21.7 Å². The van der Waals surface area contributed by atoms with E-state index in [1.165, 1.54) is 0 Å². The fourth-order valence-electron chi connectivity index (χ4n) is 1.78. The Hall–Kier alpha value is -1.12. The molecule has 0 amide bonds. The van der Waals surface area contributed by atoms with E-state index in [1.54, 1.807) is 6.20 Å². The summed E-state index contributed by atoms with van der Waals surface area (Å²) in [4.78, 5) is 8.79. The third-order valence-corrected chi connectivity index (χ3v) is 3.19. The van der Waals surface area contributed by atoms with Gasteiger partial charge in [-0.3, -0.25) is 0 Å². The van der Waals surface area contributed by atoms with Crippen LogP contribution in [-0.2, 0) is 0 Å². The number of likely N-dealkylation sites (N-methyl/N-ethyl adjacent to an activating group) is 1. The predicted molar refractivity (Wildman–Crippen MR) is 66.4 cm³/mol. The van der Waals surface area contributed by atoms with E-state index >= 15 is 0 Å². The Morgan fingerprint density at radius 1 is 1.38 bits per heavy atom. The smallest absolute Gasteiger partial charge is 0.146 e. The third-order valence-electron chi connectivity index (χ3n) is 2.76. The van der Waals surface area contributed by atoms with Gasteiger partial charge in [0.1, 0.15) is 11.9 Å². The van der Waals surface area contributed by atoms with Crippen molar-refractivity contribution in [3.63, 3.8) is 0 Å². The lowest BCUT2D eigenvalue weighted by Gasteiger charge is -2.33. The molecule has 5 heteroatoms. The first-order chi connectivity index (χ1) is 7.70. The van der Waals surface area contributed by atoms with Crippen LogP contribution in [0.25, 0.3) is 0 Å². The molecular formula is C11H13BrN4. The summed E-state index contributed by atoms with van der Waals surface area (Å²) in [5.41, 5.74) is 0.638. The maximum absolute atomic E-state index is 9.08. The minimum atomic E-state index is 0.638. The molecule has 0 saturated carbocycles. The Kier molecular flexibility index (Phi) is 3.42. The molecule has 1 aromatic rings. The summed E-state index contributed by atoms with van der Waals surface area (Å²) in [6.45, 7) is 3.89. The first-order valence-corrected chi connectivity index (χ1v) is 5.99. The number of nitriles is 1. The Balaban J connectivity index is 2.24. The number of nitrogens with zero attached hydrogens (tertiary/aromatic N) is 4. The van der Waals surface area contributed by atoms with Gasteiger partial charge in [0.05, 0.1) is 5.56 Å². The highest BCUT2D eigenvalue weighted by atomic mass is 79.9. The Bertz CT molecular complexity index is 418. The van der Waals surface area contributed by atoms with Crippen LogP contribution in [0.1, 0.15) is 5.56 Å². The fourth-order valence-corrected chi connectivity index (χ4v) is 2.12. The summed E-state index contributed by atoms with van der Waals surface area (Å²) >= 11 is 3.33. The van der Waals surface area contributed by atoms with Crippen molar-refractivity contribution in [3.8, 4) is 6.07 Å². The number of anilines is 1. The van der Waals surface area contributed by atoms with E-state index in [1.807, 2.05) is 6.07 Å². The number of hydrogen-bond acceptors (Lipinski definition) is 4. The van der Waals surface area contributed by atoms with Crippen molar-refractivity contribution in [3.05, 3.63) is 22.3 Å². The van der Waals surface area contributed by atoms with Crippen molar-refractivity contribution in [1.29, 1.82) is 5.26 Å². The highest BCUT2D eigenvalue weighted by Gasteiger charge is 2.18. The number of aromatic nitrogens is 1. The van der Waals surface area contributed by atoms with Crippen LogP contribution in [0.15, 0.2) is 16.7 Å². The zero-order chi connectivity index (χ0) is 11.5. The van der Waals surface area contributed by atoms with Crippen molar-refractivity contribution in [2.75, 3.05) is 38.1 Å². The quantitative estimate of drug-likeness (QED) is 0.782. The minimum Gasteiger partial charge on any atom is -0.353 e. The monoisotopic (exact) mass is 280 g/mol. The summed E-state index contributed by atoms with van der Waals surface area (Å²) in [5, 5.41) is 9.08. The van der Waals surface area contributed by atoms with Gasteiger partial charge in [-0.15, -0.1) is 0 Å². The summed E-state index contributed by atoms with van der Waals surface area (Å²) in [5.74, 6) is 0.804. The maximum atomic E-state index is 9.08. The second-order valence-corrected chi connectivity index (χ2v) is 4.84. The highest BCUT2D eigenvalue weighted by Crippen LogP contribution is 2.21. The number of piperazine rings is 1. The van der Waals surface area contributed by atoms with Gasteiger partial charge in [-0.25, -0.2) is 4.98 Å². The molecule has 2 rings (SSSR count). The second kappa shape index (κ2) is 4.81. The van der Waals surface area contributed by atoms with E-state index in [2.05, 4.69) is 43.8 Å². The zero-order valence-electron chi connectivity index (χ0n) is 9.15. The van der Waals surface area contributed by atoms with Crippen LogP contribution in [-0.4, -0.2) is 43.1 Å². The Labute approximate surface area is 104 Å².